The van der Waals surface area contributed by atoms with Crippen LogP contribution in [0.25, 0.3) is 0 Å². The van der Waals surface area contributed by atoms with Crippen molar-refractivity contribution in [2.45, 2.75) is 12.5 Å². The van der Waals surface area contributed by atoms with E-state index in [-0.39, 0.29) is 17.9 Å². The van der Waals surface area contributed by atoms with Gasteiger partial charge in [0.1, 0.15) is 0 Å². The van der Waals surface area contributed by atoms with Gasteiger partial charge >= 0.3 is 0 Å². The monoisotopic (exact) mass is 513 g/mol. The van der Waals surface area contributed by atoms with Crippen molar-refractivity contribution in [3.8, 4) is 0 Å². The molecule has 5 nitrogen and oxygen atoms in total. The average Bonchev–Trinajstić information content (AvgIpc) is 3.33. The van der Waals surface area contributed by atoms with Crippen molar-refractivity contribution in [2.75, 3.05) is 39.3 Å². The molecular formula is C26H25Cl2N3O2S. The first kappa shape index (κ1) is 23.4. The van der Waals surface area contributed by atoms with E-state index < -0.39 is 0 Å². The van der Waals surface area contributed by atoms with Gasteiger partial charge in [-0.2, -0.15) is 0 Å². The Hall–Kier alpha value is -2.38. The van der Waals surface area contributed by atoms with Gasteiger partial charge in [0.15, 0.2) is 0 Å². The molecule has 0 N–H and O–H groups in total. The minimum absolute atomic E-state index is 0.0927. The highest BCUT2D eigenvalue weighted by Gasteiger charge is 2.33. The minimum atomic E-state index is -0.126. The average molecular weight is 514 g/mol. The first-order chi connectivity index (χ1) is 16.5. The normalized spacial score (nSPS) is 18.6. The fourth-order valence-electron chi connectivity index (χ4n) is 4.83. The van der Waals surface area contributed by atoms with Crippen LogP contribution in [-0.4, -0.2) is 65.8 Å². The van der Waals surface area contributed by atoms with Gasteiger partial charge in [0.05, 0.1) is 23.2 Å². The molecule has 0 spiro atoms. The highest BCUT2D eigenvalue weighted by Crippen LogP contribution is 2.37. The van der Waals surface area contributed by atoms with E-state index in [1.54, 1.807) is 34.4 Å². The summed E-state index contributed by atoms with van der Waals surface area (Å²) in [6.07, 6.45) is 0.966. The standard InChI is InChI=1S/C26H25Cl2N3O2S/c27-19-6-7-20(22(28)16-19)26(33)30-13-11-29(12-14-30)24(32)17-31-10-8-23-21(9-15-34-23)25(31)18-4-2-1-3-5-18/h1-7,9,15-16,25H,8,10-14,17H2. The Balaban J connectivity index is 1.24. The summed E-state index contributed by atoms with van der Waals surface area (Å²) in [5, 5.41) is 2.99. The third-order valence-corrected chi connectivity index (χ3v) is 8.14. The molecule has 3 heterocycles. The van der Waals surface area contributed by atoms with E-state index in [1.165, 1.54) is 16.0 Å². The number of benzene rings is 2. The molecule has 3 aromatic rings. The van der Waals surface area contributed by atoms with E-state index in [0.717, 1.165) is 13.0 Å². The summed E-state index contributed by atoms with van der Waals surface area (Å²) in [6.45, 7) is 3.23. The largest absolute Gasteiger partial charge is 0.338 e. The van der Waals surface area contributed by atoms with E-state index in [1.807, 2.05) is 11.0 Å². The van der Waals surface area contributed by atoms with Crippen molar-refractivity contribution in [2.24, 2.45) is 0 Å². The topological polar surface area (TPSA) is 43.9 Å². The zero-order chi connectivity index (χ0) is 23.7. The molecule has 1 saturated heterocycles. The molecule has 2 aromatic carbocycles. The van der Waals surface area contributed by atoms with E-state index in [4.69, 9.17) is 23.2 Å². The number of nitrogens with zero attached hydrogens (tertiary/aromatic N) is 3. The molecule has 1 atom stereocenters. The van der Waals surface area contributed by atoms with Crippen LogP contribution in [0.5, 0.6) is 0 Å². The van der Waals surface area contributed by atoms with Crippen molar-refractivity contribution >= 4 is 46.4 Å². The third kappa shape index (κ3) is 4.73. The first-order valence-corrected chi connectivity index (χ1v) is 13.0. The van der Waals surface area contributed by atoms with Crippen molar-refractivity contribution in [3.05, 3.63) is 91.6 Å². The van der Waals surface area contributed by atoms with Gasteiger partial charge in [0, 0.05) is 42.6 Å². The molecule has 2 aliphatic heterocycles. The lowest BCUT2D eigenvalue weighted by Crippen LogP contribution is -2.53. The number of carbonyl (C=O) groups is 2. The van der Waals surface area contributed by atoms with Crippen LogP contribution in [0.2, 0.25) is 10.0 Å². The molecule has 8 heteroatoms. The minimum Gasteiger partial charge on any atom is -0.338 e. The predicted octanol–water partition coefficient (Wildman–Crippen LogP) is 4.99. The maximum atomic E-state index is 13.3. The van der Waals surface area contributed by atoms with E-state index >= 15 is 0 Å². The fraction of sp³-hybridized carbons (Fsp3) is 0.308. The number of fused-ring (bicyclic) bond motifs is 1. The van der Waals surface area contributed by atoms with Gasteiger partial charge in [0.25, 0.3) is 5.91 Å². The summed E-state index contributed by atoms with van der Waals surface area (Å²) in [6, 6.07) is 17.6. The quantitative estimate of drug-likeness (QED) is 0.493. The molecule has 2 aliphatic rings. The number of piperazine rings is 1. The predicted molar refractivity (Wildman–Crippen MR) is 137 cm³/mol. The molecule has 2 amide bonds. The fourth-order valence-corrected chi connectivity index (χ4v) is 6.22. The second-order valence-electron chi connectivity index (χ2n) is 8.63. The number of carbonyl (C=O) groups excluding carboxylic acids is 2. The van der Waals surface area contributed by atoms with Gasteiger partial charge in [0.2, 0.25) is 5.91 Å². The number of hydrogen-bond acceptors (Lipinski definition) is 4. The Morgan fingerprint density at radius 3 is 2.38 bits per heavy atom. The summed E-state index contributed by atoms with van der Waals surface area (Å²) < 4.78 is 0. The highest BCUT2D eigenvalue weighted by molar-refractivity contribution is 7.10. The molecule has 1 aromatic heterocycles. The van der Waals surface area contributed by atoms with Crippen LogP contribution in [0.1, 0.15) is 32.4 Å². The summed E-state index contributed by atoms with van der Waals surface area (Å²) in [7, 11) is 0. The molecule has 5 rings (SSSR count). The Kier molecular flexibility index (Phi) is 6.93. The maximum Gasteiger partial charge on any atom is 0.255 e. The lowest BCUT2D eigenvalue weighted by Gasteiger charge is -2.39. The Morgan fingerprint density at radius 2 is 1.65 bits per heavy atom. The van der Waals surface area contributed by atoms with E-state index in [0.29, 0.717) is 48.3 Å². The number of halogens is 2. The van der Waals surface area contributed by atoms with Crippen LogP contribution in [0.3, 0.4) is 0 Å². The smallest absolute Gasteiger partial charge is 0.255 e. The lowest BCUT2D eigenvalue weighted by molar-refractivity contribution is -0.134. The molecule has 1 unspecified atom stereocenters. The molecule has 0 radical (unpaired) electrons. The van der Waals surface area contributed by atoms with Gasteiger partial charge in [-0.3, -0.25) is 14.5 Å². The Morgan fingerprint density at radius 1 is 0.912 bits per heavy atom. The zero-order valence-corrected chi connectivity index (χ0v) is 21.0. The second kappa shape index (κ2) is 10.1. The van der Waals surface area contributed by atoms with Crippen LogP contribution >= 0.6 is 34.5 Å². The third-order valence-electron chi connectivity index (χ3n) is 6.60. The number of thiophene rings is 1. The molecule has 176 valence electrons. The molecule has 0 saturated carbocycles. The maximum absolute atomic E-state index is 13.3. The van der Waals surface area contributed by atoms with Crippen molar-refractivity contribution < 1.29 is 9.59 Å². The summed E-state index contributed by atoms with van der Waals surface area (Å²) in [5.74, 6) is -0.0184. The van der Waals surface area contributed by atoms with Crippen LogP contribution in [0.15, 0.2) is 60.0 Å². The van der Waals surface area contributed by atoms with Crippen molar-refractivity contribution in [3.63, 3.8) is 0 Å². The van der Waals surface area contributed by atoms with Crippen LogP contribution in [0.4, 0.5) is 0 Å². The van der Waals surface area contributed by atoms with Gasteiger partial charge in [-0.05, 0) is 47.2 Å². The number of hydrogen-bond donors (Lipinski definition) is 0. The van der Waals surface area contributed by atoms with Gasteiger partial charge in [-0.1, -0.05) is 53.5 Å². The van der Waals surface area contributed by atoms with Crippen molar-refractivity contribution in [1.29, 1.82) is 0 Å². The summed E-state index contributed by atoms with van der Waals surface area (Å²) in [5.41, 5.74) is 2.96. The van der Waals surface area contributed by atoms with Gasteiger partial charge in [-0.15, -0.1) is 11.3 Å². The molecule has 34 heavy (non-hydrogen) atoms. The highest BCUT2D eigenvalue weighted by atomic mass is 35.5. The Labute approximate surface area is 213 Å². The number of rotatable bonds is 4. The Bertz CT molecular complexity index is 1190. The summed E-state index contributed by atoms with van der Waals surface area (Å²) in [4.78, 5) is 33.5. The van der Waals surface area contributed by atoms with Gasteiger partial charge < -0.3 is 9.80 Å². The molecule has 0 aliphatic carbocycles. The molecule has 1 fully saturated rings. The first-order valence-electron chi connectivity index (χ1n) is 11.4. The van der Waals surface area contributed by atoms with Crippen LogP contribution in [-0.2, 0) is 11.2 Å². The molecular weight excluding hydrogens is 489 g/mol. The van der Waals surface area contributed by atoms with Gasteiger partial charge in [-0.25, -0.2) is 0 Å². The zero-order valence-electron chi connectivity index (χ0n) is 18.6. The lowest BCUT2D eigenvalue weighted by atomic mass is 9.93. The second-order valence-corrected chi connectivity index (χ2v) is 10.5. The van der Waals surface area contributed by atoms with Crippen LogP contribution < -0.4 is 0 Å². The SMILES string of the molecule is O=C(CN1CCc2sccc2C1c1ccccc1)N1CCN(C(=O)c2ccc(Cl)cc2Cl)CC1. The summed E-state index contributed by atoms with van der Waals surface area (Å²) >= 11 is 14.0. The number of amides is 2. The van der Waals surface area contributed by atoms with Crippen molar-refractivity contribution in [1.82, 2.24) is 14.7 Å². The van der Waals surface area contributed by atoms with Crippen LogP contribution in [0, 0.1) is 0 Å². The van der Waals surface area contributed by atoms with E-state index in [2.05, 4.69) is 40.6 Å². The van der Waals surface area contributed by atoms with E-state index in [9.17, 15) is 9.59 Å². The molecule has 0 bridgehead atoms.